The summed E-state index contributed by atoms with van der Waals surface area (Å²) in [5.74, 6) is 0. The second-order valence-electron chi connectivity index (χ2n) is 13.0. The van der Waals surface area contributed by atoms with E-state index in [1.165, 1.54) is 0 Å². The zero-order chi connectivity index (χ0) is 34.6. The predicted molar refractivity (Wildman–Crippen MR) is 202 cm³/mol. The molecule has 6 aromatic rings. The first kappa shape index (κ1) is 34.6. The van der Waals surface area contributed by atoms with Crippen LogP contribution in [-0.4, -0.2) is 37.6 Å². The molecule has 0 aliphatic carbocycles. The van der Waals surface area contributed by atoms with Crippen molar-refractivity contribution in [2.45, 2.75) is 49.8 Å². The average molecular weight is 676 g/mol. The molecule has 0 amide bonds. The molecule has 0 bridgehead atoms. The number of hydrogen-bond donors (Lipinski definition) is 1. The first-order chi connectivity index (χ1) is 25.3. The van der Waals surface area contributed by atoms with Crippen molar-refractivity contribution in [3.05, 3.63) is 215 Å². The van der Waals surface area contributed by atoms with Crippen molar-refractivity contribution in [3.63, 3.8) is 0 Å². The molecular formula is C46H45NO4. The third-order valence-electron chi connectivity index (χ3n) is 9.48. The third-order valence-corrected chi connectivity index (χ3v) is 9.48. The Bertz CT molecular complexity index is 1760. The quantitative estimate of drug-likeness (QED) is 0.0730. The number of epoxide rings is 1. The molecule has 0 aromatic heterocycles. The van der Waals surface area contributed by atoms with Gasteiger partial charge in [-0.15, -0.1) is 0 Å². The lowest BCUT2D eigenvalue weighted by Gasteiger charge is -2.40. The minimum atomic E-state index is -0.682. The van der Waals surface area contributed by atoms with Crippen molar-refractivity contribution in [2.75, 3.05) is 13.2 Å². The van der Waals surface area contributed by atoms with E-state index < -0.39 is 17.7 Å². The Morgan fingerprint density at radius 1 is 0.490 bits per heavy atom. The van der Waals surface area contributed by atoms with Crippen LogP contribution in [0.1, 0.15) is 33.4 Å². The second-order valence-corrected chi connectivity index (χ2v) is 13.0. The molecule has 0 saturated carbocycles. The monoisotopic (exact) mass is 675 g/mol. The number of nitrogens with one attached hydrogen (secondary N) is 1. The molecule has 51 heavy (non-hydrogen) atoms. The van der Waals surface area contributed by atoms with Crippen molar-refractivity contribution >= 4 is 0 Å². The molecule has 1 fully saturated rings. The number of ether oxygens (including phenoxy) is 4. The molecule has 6 aromatic carbocycles. The van der Waals surface area contributed by atoms with Crippen LogP contribution in [0, 0.1) is 0 Å². The highest BCUT2D eigenvalue weighted by atomic mass is 16.6. The van der Waals surface area contributed by atoms with Crippen LogP contribution in [0.25, 0.3) is 0 Å². The molecule has 1 N–H and O–H groups in total. The molecule has 0 spiro atoms. The molecule has 5 heteroatoms. The Morgan fingerprint density at radius 2 is 0.843 bits per heavy atom. The van der Waals surface area contributed by atoms with Gasteiger partial charge < -0.3 is 18.9 Å². The summed E-state index contributed by atoms with van der Waals surface area (Å²) in [6, 6.07) is 62.8. The van der Waals surface area contributed by atoms with E-state index in [0.717, 1.165) is 33.4 Å². The molecule has 4 atom stereocenters. The van der Waals surface area contributed by atoms with Gasteiger partial charge in [0.15, 0.2) is 0 Å². The minimum Gasteiger partial charge on any atom is -0.370 e. The van der Waals surface area contributed by atoms with Gasteiger partial charge in [0.05, 0.1) is 38.1 Å². The Kier molecular flexibility index (Phi) is 11.8. The van der Waals surface area contributed by atoms with Crippen molar-refractivity contribution in [1.29, 1.82) is 0 Å². The Hall–Kier alpha value is -4.88. The summed E-state index contributed by atoms with van der Waals surface area (Å²) >= 11 is 0. The van der Waals surface area contributed by atoms with E-state index >= 15 is 0 Å². The van der Waals surface area contributed by atoms with E-state index in [0.29, 0.717) is 33.0 Å². The Balaban J connectivity index is 1.28. The normalized spacial score (nSPS) is 15.9. The average Bonchev–Trinajstić information content (AvgIpc) is 4.06. The van der Waals surface area contributed by atoms with Gasteiger partial charge in [-0.05, 0) is 33.4 Å². The highest BCUT2D eigenvalue weighted by Gasteiger charge is 2.45. The molecule has 0 unspecified atom stereocenters. The van der Waals surface area contributed by atoms with Crippen LogP contribution in [0.15, 0.2) is 182 Å². The molecule has 258 valence electrons. The van der Waals surface area contributed by atoms with Crippen LogP contribution >= 0.6 is 0 Å². The fraction of sp³-hybridized carbons (Fsp3) is 0.217. The standard InChI is InChI=1S/C46H45NO4/c1-7-19-36(20-8-1)32-48-42(31-47-46(39-25-13-4-14-26-39,40-27-15-5-16-28-40)41-29-17-6-18-30-41)44(50-33-37-21-9-2-10-22-37)45(43-35-49-43)51-34-38-23-11-3-12-24-38/h1-30,42-45,47H,31-35H2/t42-,43-,44+,45+/m0/s1. The molecule has 5 nitrogen and oxygen atoms in total. The van der Waals surface area contributed by atoms with E-state index in [1.54, 1.807) is 0 Å². The lowest BCUT2D eigenvalue weighted by Crippen LogP contribution is -2.54. The maximum Gasteiger partial charge on any atom is 0.115 e. The fourth-order valence-corrected chi connectivity index (χ4v) is 6.78. The SMILES string of the molecule is c1ccc(CO[C@@H]([C@H](OCc2ccccc2)[C@@H]2CO2)[C@H](CNC(c2ccccc2)(c2ccccc2)c2ccccc2)OCc2ccccc2)cc1. The van der Waals surface area contributed by atoms with Gasteiger partial charge in [-0.3, -0.25) is 5.32 Å². The minimum absolute atomic E-state index is 0.0977. The van der Waals surface area contributed by atoms with Gasteiger partial charge in [-0.1, -0.05) is 182 Å². The second kappa shape index (κ2) is 17.4. The molecule has 1 saturated heterocycles. The van der Waals surface area contributed by atoms with Crippen LogP contribution in [0.5, 0.6) is 0 Å². The summed E-state index contributed by atoms with van der Waals surface area (Å²) in [6.07, 6.45) is -1.34. The molecule has 0 radical (unpaired) electrons. The van der Waals surface area contributed by atoms with E-state index in [4.69, 9.17) is 18.9 Å². The van der Waals surface area contributed by atoms with Crippen LogP contribution in [-0.2, 0) is 44.3 Å². The summed E-state index contributed by atoms with van der Waals surface area (Å²) in [5, 5.41) is 4.08. The topological polar surface area (TPSA) is 52.2 Å². The van der Waals surface area contributed by atoms with Gasteiger partial charge in [0.2, 0.25) is 0 Å². The highest BCUT2D eigenvalue weighted by Crippen LogP contribution is 2.37. The Labute approximate surface area is 301 Å². The maximum atomic E-state index is 6.97. The lowest BCUT2D eigenvalue weighted by atomic mass is 9.77. The van der Waals surface area contributed by atoms with Crippen LogP contribution in [0.2, 0.25) is 0 Å². The van der Waals surface area contributed by atoms with Gasteiger partial charge in [0.25, 0.3) is 0 Å². The first-order valence-electron chi connectivity index (χ1n) is 17.8. The van der Waals surface area contributed by atoms with Crippen molar-refractivity contribution < 1.29 is 18.9 Å². The summed E-state index contributed by atoms with van der Waals surface area (Å²) in [6.45, 7) is 2.35. The molecule has 7 rings (SSSR count). The van der Waals surface area contributed by atoms with Gasteiger partial charge >= 0.3 is 0 Å². The predicted octanol–water partition coefficient (Wildman–Crippen LogP) is 8.72. The van der Waals surface area contributed by atoms with E-state index in [2.05, 4.69) is 133 Å². The van der Waals surface area contributed by atoms with Crippen LogP contribution in [0.4, 0.5) is 0 Å². The lowest BCUT2D eigenvalue weighted by molar-refractivity contribution is -0.156. The summed E-state index contributed by atoms with van der Waals surface area (Å²) in [5.41, 5.74) is 5.99. The van der Waals surface area contributed by atoms with Crippen molar-refractivity contribution in [2.24, 2.45) is 0 Å². The van der Waals surface area contributed by atoms with Gasteiger partial charge in [0, 0.05) is 6.54 Å². The maximum absolute atomic E-state index is 6.97. The van der Waals surface area contributed by atoms with Crippen molar-refractivity contribution in [1.82, 2.24) is 5.32 Å². The van der Waals surface area contributed by atoms with Crippen LogP contribution in [0.3, 0.4) is 0 Å². The summed E-state index contributed by atoms with van der Waals surface area (Å²) in [7, 11) is 0. The van der Waals surface area contributed by atoms with Gasteiger partial charge in [-0.2, -0.15) is 0 Å². The molecule has 1 heterocycles. The Morgan fingerprint density at radius 3 is 1.24 bits per heavy atom. The van der Waals surface area contributed by atoms with E-state index in [1.807, 2.05) is 54.6 Å². The molecular weight excluding hydrogens is 631 g/mol. The summed E-state index contributed by atoms with van der Waals surface area (Å²) < 4.78 is 26.7. The third kappa shape index (κ3) is 8.89. The largest absolute Gasteiger partial charge is 0.370 e. The fourth-order valence-electron chi connectivity index (χ4n) is 6.78. The first-order valence-corrected chi connectivity index (χ1v) is 17.8. The van der Waals surface area contributed by atoms with E-state index in [9.17, 15) is 0 Å². The molecule has 1 aliphatic rings. The van der Waals surface area contributed by atoms with Gasteiger partial charge in [-0.25, -0.2) is 0 Å². The highest BCUT2D eigenvalue weighted by molar-refractivity contribution is 5.49. The number of rotatable bonds is 18. The van der Waals surface area contributed by atoms with Gasteiger partial charge in [0.1, 0.15) is 18.3 Å². The number of benzene rings is 6. The number of hydrogen-bond acceptors (Lipinski definition) is 5. The zero-order valence-corrected chi connectivity index (χ0v) is 28.8. The zero-order valence-electron chi connectivity index (χ0n) is 28.8. The van der Waals surface area contributed by atoms with Crippen molar-refractivity contribution in [3.8, 4) is 0 Å². The van der Waals surface area contributed by atoms with Crippen LogP contribution < -0.4 is 5.32 Å². The smallest absolute Gasteiger partial charge is 0.115 e. The summed E-state index contributed by atoms with van der Waals surface area (Å²) in [4.78, 5) is 0. The molecule has 1 aliphatic heterocycles. The van der Waals surface area contributed by atoms with E-state index in [-0.39, 0.29) is 12.2 Å².